The third-order valence-corrected chi connectivity index (χ3v) is 15.1. The predicted octanol–water partition coefficient (Wildman–Crippen LogP) is 18.1. The molecule has 0 saturated heterocycles. The number of nitrogens with zero attached hydrogens (tertiary/aromatic N) is 2. The minimum Gasteiger partial charge on any atom is -0.308 e. The van der Waals surface area contributed by atoms with E-state index in [2.05, 4.69) is 235 Å². The molecule has 312 valence electrons. The zero-order valence-corrected chi connectivity index (χ0v) is 37.2. The quantitative estimate of drug-likeness (QED) is 0.163. The van der Waals surface area contributed by atoms with Crippen molar-refractivity contribution in [3.8, 4) is 44.5 Å². The first-order valence-electron chi connectivity index (χ1n) is 23.6. The van der Waals surface area contributed by atoms with Gasteiger partial charge in [-0.2, -0.15) is 0 Å². The normalized spacial score (nSPS) is 12.5. The summed E-state index contributed by atoms with van der Waals surface area (Å²) in [7, 11) is 0. The van der Waals surface area contributed by atoms with Crippen molar-refractivity contribution >= 4 is 97.7 Å². The van der Waals surface area contributed by atoms with E-state index in [0.717, 1.165) is 0 Å². The lowest BCUT2D eigenvalue weighted by molar-refractivity contribution is 0.867. The topological polar surface area (TPSA) is 8.82 Å². The fourth-order valence-electron chi connectivity index (χ4n) is 12.0. The summed E-state index contributed by atoms with van der Waals surface area (Å²) in [5.74, 6) is 0.499. The SMILES string of the molecule is CC(C)c1ccc(-c2ccc3c(c2)c2cc(-c4cccc5c4ccc4c5c5cccc6c7cc(-c8cccc(-c9ccccc9)c8)ccc7n4c65)cc4c5c6ccccc6ccc5n3c24)cc1. The molecule has 0 aliphatic rings. The fraction of sp³-hybridized carbons (Fsp3) is 0.0462. The van der Waals surface area contributed by atoms with E-state index >= 15 is 0 Å². The van der Waals surface area contributed by atoms with Gasteiger partial charge < -0.3 is 8.80 Å². The highest BCUT2D eigenvalue weighted by molar-refractivity contribution is 6.32. The van der Waals surface area contributed by atoms with Crippen LogP contribution < -0.4 is 0 Å². The van der Waals surface area contributed by atoms with Gasteiger partial charge in [-0.25, -0.2) is 0 Å². The van der Waals surface area contributed by atoms with Gasteiger partial charge in [0.15, 0.2) is 0 Å². The minimum absolute atomic E-state index is 0.499. The lowest BCUT2D eigenvalue weighted by atomic mass is 9.92. The molecule has 0 radical (unpaired) electrons. The largest absolute Gasteiger partial charge is 0.308 e. The first-order valence-corrected chi connectivity index (χ1v) is 23.6. The molecule has 0 unspecified atom stereocenters. The van der Waals surface area contributed by atoms with E-state index in [1.54, 1.807) is 0 Å². The van der Waals surface area contributed by atoms with E-state index in [1.165, 1.54) is 148 Å². The van der Waals surface area contributed by atoms with E-state index in [9.17, 15) is 0 Å². The summed E-state index contributed by atoms with van der Waals surface area (Å²) in [5.41, 5.74) is 18.9. The van der Waals surface area contributed by atoms with Gasteiger partial charge in [-0.1, -0.05) is 172 Å². The van der Waals surface area contributed by atoms with E-state index < -0.39 is 0 Å². The molecule has 0 spiro atoms. The summed E-state index contributed by atoms with van der Waals surface area (Å²) in [6.07, 6.45) is 0. The number of hydrogen-bond acceptors (Lipinski definition) is 0. The van der Waals surface area contributed by atoms with Crippen LogP contribution in [0.1, 0.15) is 25.3 Å². The summed E-state index contributed by atoms with van der Waals surface area (Å²) in [6, 6.07) is 79.9. The minimum atomic E-state index is 0.499. The summed E-state index contributed by atoms with van der Waals surface area (Å²) in [5, 5.41) is 15.5. The Labute approximate surface area is 386 Å². The molecule has 2 nitrogen and oxygen atoms in total. The molecule has 4 aromatic heterocycles. The van der Waals surface area contributed by atoms with Gasteiger partial charge in [0, 0.05) is 43.1 Å². The molecule has 15 aromatic rings. The molecule has 0 fully saturated rings. The highest BCUT2D eigenvalue weighted by Crippen LogP contribution is 2.48. The number of benzene rings is 11. The average molecular weight is 851 g/mol. The van der Waals surface area contributed by atoms with Crippen molar-refractivity contribution < 1.29 is 0 Å². The summed E-state index contributed by atoms with van der Waals surface area (Å²) in [6.45, 7) is 4.52. The Kier molecular flexibility index (Phi) is 7.45. The Hall–Kier alpha value is -8.46. The first kappa shape index (κ1) is 36.8. The van der Waals surface area contributed by atoms with Gasteiger partial charge >= 0.3 is 0 Å². The van der Waals surface area contributed by atoms with Crippen LogP contribution in [0.3, 0.4) is 0 Å². The van der Waals surface area contributed by atoms with Crippen LogP contribution in [-0.4, -0.2) is 8.80 Å². The number of hydrogen-bond donors (Lipinski definition) is 0. The van der Waals surface area contributed by atoms with Gasteiger partial charge in [0.2, 0.25) is 0 Å². The second kappa shape index (κ2) is 13.5. The van der Waals surface area contributed by atoms with Crippen LogP contribution in [0.4, 0.5) is 0 Å². The maximum Gasteiger partial charge on any atom is 0.0621 e. The van der Waals surface area contributed by atoms with Crippen LogP contribution in [0.25, 0.3) is 142 Å². The monoisotopic (exact) mass is 850 g/mol. The van der Waals surface area contributed by atoms with Gasteiger partial charge in [-0.3, -0.25) is 0 Å². The Morgan fingerprint density at radius 2 is 0.791 bits per heavy atom. The van der Waals surface area contributed by atoms with Crippen LogP contribution in [0.15, 0.2) is 212 Å². The van der Waals surface area contributed by atoms with Crippen molar-refractivity contribution in [1.82, 2.24) is 8.80 Å². The molecule has 0 aliphatic carbocycles. The van der Waals surface area contributed by atoms with E-state index in [-0.39, 0.29) is 0 Å². The maximum absolute atomic E-state index is 2.53. The predicted molar refractivity (Wildman–Crippen MR) is 287 cm³/mol. The second-order valence-corrected chi connectivity index (χ2v) is 19.0. The average Bonchev–Trinajstić information content (AvgIpc) is 4.12. The van der Waals surface area contributed by atoms with Crippen molar-refractivity contribution in [1.29, 1.82) is 0 Å². The lowest BCUT2D eigenvalue weighted by Crippen LogP contribution is -1.87. The molecule has 0 atom stereocenters. The molecule has 11 aromatic carbocycles. The van der Waals surface area contributed by atoms with Crippen molar-refractivity contribution in [2.45, 2.75) is 19.8 Å². The second-order valence-electron chi connectivity index (χ2n) is 19.0. The van der Waals surface area contributed by atoms with Crippen LogP contribution >= 0.6 is 0 Å². The molecule has 67 heavy (non-hydrogen) atoms. The molecular weight excluding hydrogens is 809 g/mol. The standard InChI is InChI=1S/C65H42N2/c1-38(2)39-21-23-41(24-22-39)45-26-29-59-55(34-45)56-36-47(37-57-62-49-16-7-6-13-42(49)25-31-60(62)67(59)65(56)57)48-17-9-18-51-50(48)28-32-61-63(51)53-20-10-19-52-54-35-46(27-30-58(54)66(61)64(52)53)44-15-8-14-43(33-44)40-11-4-3-5-12-40/h3-38H,1-2H3. The molecule has 4 heterocycles. The smallest absolute Gasteiger partial charge is 0.0621 e. The highest BCUT2D eigenvalue weighted by Gasteiger charge is 2.24. The van der Waals surface area contributed by atoms with Crippen LogP contribution in [-0.2, 0) is 0 Å². The zero-order valence-electron chi connectivity index (χ0n) is 37.2. The summed E-state index contributed by atoms with van der Waals surface area (Å²) < 4.78 is 5.04. The lowest BCUT2D eigenvalue weighted by Gasteiger charge is -2.11. The van der Waals surface area contributed by atoms with Crippen LogP contribution in [0.5, 0.6) is 0 Å². The highest BCUT2D eigenvalue weighted by atomic mass is 14.9. The molecule has 0 amide bonds. The van der Waals surface area contributed by atoms with E-state index in [1.807, 2.05) is 0 Å². The Bertz CT molecular complexity index is 4510. The van der Waals surface area contributed by atoms with Gasteiger partial charge in [0.1, 0.15) is 0 Å². The van der Waals surface area contributed by atoms with E-state index in [0.29, 0.717) is 5.92 Å². The summed E-state index contributed by atoms with van der Waals surface area (Å²) >= 11 is 0. The number of rotatable bonds is 5. The molecule has 0 bridgehead atoms. The number of para-hydroxylation sites is 1. The van der Waals surface area contributed by atoms with Gasteiger partial charge in [0.05, 0.1) is 33.1 Å². The van der Waals surface area contributed by atoms with Gasteiger partial charge in [-0.05, 0) is 132 Å². The van der Waals surface area contributed by atoms with E-state index in [4.69, 9.17) is 0 Å². The molecule has 0 saturated carbocycles. The summed E-state index contributed by atoms with van der Waals surface area (Å²) in [4.78, 5) is 0. The van der Waals surface area contributed by atoms with Gasteiger partial charge in [0.25, 0.3) is 0 Å². The number of aromatic nitrogens is 2. The molecule has 0 N–H and O–H groups in total. The first-order chi connectivity index (χ1) is 33.1. The van der Waals surface area contributed by atoms with Crippen molar-refractivity contribution in [2.75, 3.05) is 0 Å². The Balaban J connectivity index is 0.950. The maximum atomic E-state index is 2.53. The number of fused-ring (bicyclic) bond motifs is 16. The van der Waals surface area contributed by atoms with Crippen molar-refractivity contribution in [3.05, 3.63) is 218 Å². The third-order valence-electron chi connectivity index (χ3n) is 15.1. The molecule has 15 rings (SSSR count). The fourth-order valence-corrected chi connectivity index (χ4v) is 12.0. The van der Waals surface area contributed by atoms with Gasteiger partial charge in [-0.15, -0.1) is 0 Å². The molecule has 0 aliphatic heterocycles. The Morgan fingerprint density at radius 3 is 1.58 bits per heavy atom. The molecule has 2 heteroatoms. The van der Waals surface area contributed by atoms with Crippen LogP contribution in [0, 0.1) is 0 Å². The Morgan fingerprint density at radius 1 is 0.284 bits per heavy atom. The zero-order chi connectivity index (χ0) is 44.1. The van der Waals surface area contributed by atoms with Crippen molar-refractivity contribution in [3.63, 3.8) is 0 Å². The molecular formula is C65H42N2. The van der Waals surface area contributed by atoms with Crippen molar-refractivity contribution in [2.24, 2.45) is 0 Å². The third kappa shape index (κ3) is 5.10. The van der Waals surface area contributed by atoms with Crippen LogP contribution in [0.2, 0.25) is 0 Å².